The van der Waals surface area contributed by atoms with E-state index in [1.807, 2.05) is 12.1 Å². The average molecular weight is 282 g/mol. The molecular weight excluding hydrogens is 266 g/mol. The Morgan fingerprint density at radius 3 is 2.81 bits per heavy atom. The zero-order valence-corrected chi connectivity index (χ0v) is 11.2. The van der Waals surface area contributed by atoms with Crippen LogP contribution in [-0.4, -0.2) is 11.9 Å². The van der Waals surface area contributed by atoms with Gasteiger partial charge in [-0.2, -0.15) is 0 Å². The second-order valence-corrected chi connectivity index (χ2v) is 5.40. The van der Waals surface area contributed by atoms with E-state index in [2.05, 4.69) is 47.2 Å². The van der Waals surface area contributed by atoms with Crippen LogP contribution in [0.4, 0.5) is 0 Å². The van der Waals surface area contributed by atoms with E-state index in [9.17, 15) is 4.79 Å². The second-order valence-electron chi connectivity index (χ2n) is 4.49. The molecule has 0 saturated carbocycles. The van der Waals surface area contributed by atoms with Crippen molar-refractivity contribution in [1.29, 1.82) is 0 Å². The Balaban J connectivity index is 2.46. The van der Waals surface area contributed by atoms with E-state index >= 15 is 0 Å². The van der Waals surface area contributed by atoms with Crippen molar-refractivity contribution in [2.45, 2.75) is 38.1 Å². The summed E-state index contributed by atoms with van der Waals surface area (Å²) in [6.07, 6.45) is 1.57. The Hall–Kier alpha value is -0.830. The van der Waals surface area contributed by atoms with E-state index in [-0.39, 0.29) is 17.4 Å². The lowest BCUT2D eigenvalue weighted by Crippen LogP contribution is -2.37. The standard InChI is InChI=1S/C13H16BrNO/c1-3-13(8-12(16)15-9(13)2)10-5-4-6-11(14)7-10/h4-7,9H,3,8H2,1-2H3,(H,15,16). The fourth-order valence-corrected chi connectivity index (χ4v) is 3.06. The quantitative estimate of drug-likeness (QED) is 0.887. The molecule has 2 nitrogen and oxygen atoms in total. The Bertz CT molecular complexity index is 418. The van der Waals surface area contributed by atoms with Gasteiger partial charge in [0.25, 0.3) is 0 Å². The molecule has 1 amide bonds. The van der Waals surface area contributed by atoms with Crippen molar-refractivity contribution >= 4 is 21.8 Å². The highest BCUT2D eigenvalue weighted by molar-refractivity contribution is 9.10. The van der Waals surface area contributed by atoms with Gasteiger partial charge in [0, 0.05) is 22.4 Å². The summed E-state index contributed by atoms with van der Waals surface area (Å²) in [6, 6.07) is 8.50. The maximum Gasteiger partial charge on any atom is 0.221 e. The van der Waals surface area contributed by atoms with Gasteiger partial charge < -0.3 is 5.32 Å². The molecule has 16 heavy (non-hydrogen) atoms. The molecule has 1 fully saturated rings. The van der Waals surface area contributed by atoms with E-state index in [4.69, 9.17) is 0 Å². The van der Waals surface area contributed by atoms with Crippen LogP contribution in [0.1, 0.15) is 32.3 Å². The number of benzene rings is 1. The van der Waals surface area contributed by atoms with Crippen LogP contribution in [0.15, 0.2) is 28.7 Å². The highest BCUT2D eigenvalue weighted by Gasteiger charge is 2.44. The molecule has 0 aliphatic carbocycles. The van der Waals surface area contributed by atoms with Gasteiger partial charge in [0.15, 0.2) is 0 Å². The van der Waals surface area contributed by atoms with Gasteiger partial charge in [0.05, 0.1) is 0 Å². The molecule has 1 saturated heterocycles. The first-order valence-electron chi connectivity index (χ1n) is 5.64. The molecule has 2 rings (SSSR count). The van der Waals surface area contributed by atoms with Gasteiger partial charge in [-0.3, -0.25) is 4.79 Å². The molecule has 2 unspecified atom stereocenters. The fraction of sp³-hybridized carbons (Fsp3) is 0.462. The lowest BCUT2D eigenvalue weighted by molar-refractivity contribution is -0.119. The fourth-order valence-electron chi connectivity index (χ4n) is 2.66. The Kier molecular flexibility index (Phi) is 3.06. The van der Waals surface area contributed by atoms with E-state index in [1.165, 1.54) is 5.56 Å². The molecular formula is C13H16BrNO. The predicted molar refractivity (Wildman–Crippen MR) is 68.3 cm³/mol. The summed E-state index contributed by atoms with van der Waals surface area (Å²) >= 11 is 3.49. The monoisotopic (exact) mass is 281 g/mol. The van der Waals surface area contributed by atoms with Crippen molar-refractivity contribution in [3.8, 4) is 0 Å². The SMILES string of the molecule is CCC1(c2cccc(Br)c2)CC(=O)NC1C. The number of rotatable bonds is 2. The topological polar surface area (TPSA) is 29.1 Å². The van der Waals surface area contributed by atoms with Gasteiger partial charge >= 0.3 is 0 Å². The number of hydrogen-bond acceptors (Lipinski definition) is 1. The smallest absolute Gasteiger partial charge is 0.221 e. The lowest BCUT2D eigenvalue weighted by Gasteiger charge is -2.31. The molecule has 1 aliphatic rings. The average Bonchev–Trinajstić information content (AvgIpc) is 2.54. The molecule has 1 heterocycles. The second kappa shape index (κ2) is 4.21. The molecule has 1 aromatic rings. The van der Waals surface area contributed by atoms with E-state index in [1.54, 1.807) is 0 Å². The number of amides is 1. The van der Waals surface area contributed by atoms with Gasteiger partial charge in [-0.05, 0) is 31.0 Å². The third kappa shape index (κ3) is 1.77. The van der Waals surface area contributed by atoms with Crippen LogP contribution in [0.5, 0.6) is 0 Å². The molecule has 1 aromatic carbocycles. The summed E-state index contributed by atoms with van der Waals surface area (Å²) in [7, 11) is 0. The Labute approximate surface area is 105 Å². The summed E-state index contributed by atoms with van der Waals surface area (Å²) < 4.78 is 1.07. The van der Waals surface area contributed by atoms with Gasteiger partial charge in [-0.15, -0.1) is 0 Å². The Morgan fingerprint density at radius 1 is 1.56 bits per heavy atom. The maximum atomic E-state index is 11.6. The van der Waals surface area contributed by atoms with Gasteiger partial charge in [0.1, 0.15) is 0 Å². The number of nitrogens with one attached hydrogen (secondary N) is 1. The summed E-state index contributed by atoms with van der Waals surface area (Å²) in [6.45, 7) is 4.24. The van der Waals surface area contributed by atoms with Crippen LogP contribution in [-0.2, 0) is 10.2 Å². The van der Waals surface area contributed by atoms with Crippen molar-refractivity contribution < 1.29 is 4.79 Å². The van der Waals surface area contributed by atoms with Crippen LogP contribution < -0.4 is 5.32 Å². The van der Waals surface area contributed by atoms with Crippen LogP contribution >= 0.6 is 15.9 Å². The summed E-state index contributed by atoms with van der Waals surface area (Å²) in [5.74, 6) is 0.161. The van der Waals surface area contributed by atoms with E-state index < -0.39 is 0 Å². The molecule has 0 radical (unpaired) electrons. The normalized spacial score (nSPS) is 29.2. The number of hydrogen-bond donors (Lipinski definition) is 1. The molecule has 1 aliphatic heterocycles. The van der Waals surface area contributed by atoms with Gasteiger partial charge in [-0.1, -0.05) is 35.0 Å². The van der Waals surface area contributed by atoms with Crippen molar-refractivity contribution in [3.63, 3.8) is 0 Å². The molecule has 1 N–H and O–H groups in total. The minimum Gasteiger partial charge on any atom is -0.353 e. The van der Waals surface area contributed by atoms with Crippen molar-refractivity contribution in [3.05, 3.63) is 34.3 Å². The van der Waals surface area contributed by atoms with E-state index in [0.29, 0.717) is 6.42 Å². The first kappa shape index (κ1) is 11.6. The zero-order valence-electron chi connectivity index (χ0n) is 9.59. The molecule has 0 bridgehead atoms. The van der Waals surface area contributed by atoms with Crippen molar-refractivity contribution in [2.75, 3.05) is 0 Å². The lowest BCUT2D eigenvalue weighted by atomic mass is 9.73. The van der Waals surface area contributed by atoms with Crippen LogP contribution in [0.3, 0.4) is 0 Å². The minimum absolute atomic E-state index is 0.0408. The van der Waals surface area contributed by atoms with Crippen molar-refractivity contribution in [1.82, 2.24) is 5.32 Å². The first-order chi connectivity index (χ1) is 7.58. The van der Waals surface area contributed by atoms with Crippen LogP contribution in [0.2, 0.25) is 0 Å². The van der Waals surface area contributed by atoms with E-state index in [0.717, 1.165) is 10.9 Å². The number of carbonyl (C=O) groups excluding carboxylic acids is 1. The molecule has 0 spiro atoms. The highest BCUT2D eigenvalue weighted by Crippen LogP contribution is 2.39. The van der Waals surface area contributed by atoms with Crippen molar-refractivity contribution in [2.24, 2.45) is 0 Å². The predicted octanol–water partition coefficient (Wildman–Crippen LogP) is 3.01. The first-order valence-corrected chi connectivity index (χ1v) is 6.43. The molecule has 86 valence electrons. The van der Waals surface area contributed by atoms with Crippen LogP contribution in [0, 0.1) is 0 Å². The maximum absolute atomic E-state index is 11.6. The minimum atomic E-state index is -0.0408. The van der Waals surface area contributed by atoms with Gasteiger partial charge in [-0.25, -0.2) is 0 Å². The summed E-state index contributed by atoms with van der Waals surface area (Å²) in [5.41, 5.74) is 1.20. The van der Waals surface area contributed by atoms with Gasteiger partial charge in [0.2, 0.25) is 5.91 Å². The Morgan fingerprint density at radius 2 is 2.31 bits per heavy atom. The molecule has 0 aromatic heterocycles. The zero-order chi connectivity index (χ0) is 11.8. The summed E-state index contributed by atoms with van der Waals surface area (Å²) in [4.78, 5) is 11.6. The summed E-state index contributed by atoms with van der Waals surface area (Å²) in [5, 5.41) is 3.02. The molecule has 2 atom stereocenters. The third-order valence-electron chi connectivity index (χ3n) is 3.71. The van der Waals surface area contributed by atoms with Crippen LogP contribution in [0.25, 0.3) is 0 Å². The third-order valence-corrected chi connectivity index (χ3v) is 4.21. The number of carbonyl (C=O) groups is 1. The highest BCUT2D eigenvalue weighted by atomic mass is 79.9. The number of halogens is 1. The molecule has 3 heteroatoms. The largest absolute Gasteiger partial charge is 0.353 e.